The van der Waals surface area contributed by atoms with Gasteiger partial charge in [-0.05, 0) is 47.9 Å². The zero-order valence-corrected chi connectivity index (χ0v) is 17.1. The molecule has 0 aromatic heterocycles. The maximum atomic E-state index is 12.4. The first-order valence-corrected chi connectivity index (χ1v) is 9.35. The van der Waals surface area contributed by atoms with Crippen LogP contribution >= 0.6 is 0 Å². The van der Waals surface area contributed by atoms with Crippen LogP contribution in [0.2, 0.25) is 0 Å². The molecule has 8 heteroatoms. The molecule has 0 aliphatic carbocycles. The van der Waals surface area contributed by atoms with Crippen LogP contribution in [-0.2, 0) is 11.3 Å². The molecule has 6 nitrogen and oxygen atoms in total. The van der Waals surface area contributed by atoms with E-state index in [0.717, 1.165) is 12.0 Å². The summed E-state index contributed by atoms with van der Waals surface area (Å²) in [6, 6.07) is 9.87. The number of halogens is 2. The van der Waals surface area contributed by atoms with E-state index in [2.05, 4.69) is 10.1 Å². The van der Waals surface area contributed by atoms with Gasteiger partial charge < -0.3 is 24.3 Å². The van der Waals surface area contributed by atoms with Gasteiger partial charge in [0, 0.05) is 12.6 Å². The Bertz CT molecular complexity index is 871. The Balaban J connectivity index is 1.96. The molecule has 0 aliphatic rings. The third-order valence-corrected chi connectivity index (χ3v) is 3.99. The number of amides is 1. The third-order valence-electron chi connectivity index (χ3n) is 3.99. The van der Waals surface area contributed by atoms with E-state index in [0.29, 0.717) is 23.7 Å². The van der Waals surface area contributed by atoms with E-state index in [4.69, 9.17) is 14.2 Å². The number of alkyl halides is 2. The van der Waals surface area contributed by atoms with E-state index in [1.54, 1.807) is 31.4 Å². The zero-order valence-electron chi connectivity index (χ0n) is 17.1. The van der Waals surface area contributed by atoms with Crippen molar-refractivity contribution in [2.45, 2.75) is 26.5 Å². The molecule has 162 valence electrons. The molecular formula is C22H25F2NO5. The fourth-order valence-corrected chi connectivity index (χ4v) is 2.55. The van der Waals surface area contributed by atoms with Crippen LogP contribution in [0.5, 0.6) is 23.0 Å². The van der Waals surface area contributed by atoms with Gasteiger partial charge in [-0.25, -0.2) is 0 Å². The first-order chi connectivity index (χ1) is 14.5. The molecule has 0 fully saturated rings. The second-order valence-corrected chi connectivity index (χ2v) is 6.17. The van der Waals surface area contributed by atoms with Crippen LogP contribution in [0, 0.1) is 0 Å². The van der Waals surface area contributed by atoms with Crippen LogP contribution < -0.4 is 24.3 Å². The van der Waals surface area contributed by atoms with Gasteiger partial charge in [-0.15, -0.1) is 0 Å². The smallest absolute Gasteiger partial charge is 0.387 e. The molecule has 0 spiro atoms. The molecule has 1 N–H and O–H groups in total. The highest BCUT2D eigenvalue weighted by atomic mass is 19.3. The van der Waals surface area contributed by atoms with Crippen LogP contribution in [0.15, 0.2) is 42.5 Å². The minimum atomic E-state index is -2.94. The molecule has 1 amide bonds. The van der Waals surface area contributed by atoms with Crippen LogP contribution in [-0.4, -0.2) is 33.3 Å². The molecule has 0 heterocycles. The van der Waals surface area contributed by atoms with Crippen molar-refractivity contribution in [3.05, 3.63) is 53.6 Å². The summed E-state index contributed by atoms with van der Waals surface area (Å²) in [7, 11) is 2.91. The van der Waals surface area contributed by atoms with E-state index in [1.165, 1.54) is 25.3 Å². The summed E-state index contributed by atoms with van der Waals surface area (Å²) in [4.78, 5) is 12.1. The van der Waals surface area contributed by atoms with Crippen molar-refractivity contribution in [3.63, 3.8) is 0 Å². The predicted molar refractivity (Wildman–Crippen MR) is 109 cm³/mol. The molecule has 2 aromatic rings. The molecule has 0 aliphatic heterocycles. The van der Waals surface area contributed by atoms with Gasteiger partial charge in [-0.2, -0.15) is 8.78 Å². The molecule has 0 radical (unpaired) electrons. The van der Waals surface area contributed by atoms with E-state index in [1.807, 2.05) is 13.0 Å². The molecule has 0 saturated carbocycles. The summed E-state index contributed by atoms with van der Waals surface area (Å²) in [6.07, 6.45) is 3.94. The fraction of sp³-hybridized carbons (Fsp3) is 0.318. The Morgan fingerprint density at radius 3 is 2.40 bits per heavy atom. The lowest BCUT2D eigenvalue weighted by Crippen LogP contribution is -2.20. The number of hydrogen-bond acceptors (Lipinski definition) is 5. The van der Waals surface area contributed by atoms with Crippen LogP contribution in [0.3, 0.4) is 0 Å². The SMILES string of the molecule is CCCOc1ccc(/C=C/C(=O)NCc2ccc(OC(F)F)c(OC)c2)cc1OC. The maximum absolute atomic E-state index is 12.4. The van der Waals surface area contributed by atoms with Crippen LogP contribution in [0.1, 0.15) is 24.5 Å². The van der Waals surface area contributed by atoms with Gasteiger partial charge in [0.2, 0.25) is 5.91 Å². The monoisotopic (exact) mass is 421 g/mol. The summed E-state index contributed by atoms with van der Waals surface area (Å²) in [5, 5.41) is 2.72. The van der Waals surface area contributed by atoms with Gasteiger partial charge >= 0.3 is 6.61 Å². The molecule has 0 atom stereocenters. The first kappa shape index (κ1) is 23.0. The van der Waals surface area contributed by atoms with Gasteiger partial charge in [-0.1, -0.05) is 19.1 Å². The van der Waals surface area contributed by atoms with Crippen molar-refractivity contribution in [1.82, 2.24) is 5.32 Å². The predicted octanol–water partition coefficient (Wildman–Crippen LogP) is 4.42. The normalized spacial score (nSPS) is 10.9. The molecule has 2 aromatic carbocycles. The molecule has 0 unspecified atom stereocenters. The molecule has 0 bridgehead atoms. The lowest BCUT2D eigenvalue weighted by atomic mass is 10.1. The van der Waals surface area contributed by atoms with Crippen molar-refractivity contribution >= 4 is 12.0 Å². The lowest BCUT2D eigenvalue weighted by Gasteiger charge is -2.11. The average Bonchev–Trinajstić information content (AvgIpc) is 2.75. The summed E-state index contributed by atoms with van der Waals surface area (Å²) < 4.78 is 45.1. The Morgan fingerprint density at radius 2 is 1.73 bits per heavy atom. The number of ether oxygens (including phenoxy) is 4. The highest BCUT2D eigenvalue weighted by Crippen LogP contribution is 2.30. The Labute approximate surface area is 174 Å². The second-order valence-electron chi connectivity index (χ2n) is 6.17. The molecule has 30 heavy (non-hydrogen) atoms. The first-order valence-electron chi connectivity index (χ1n) is 9.35. The Hall–Kier alpha value is -3.29. The van der Waals surface area contributed by atoms with E-state index >= 15 is 0 Å². The van der Waals surface area contributed by atoms with Gasteiger partial charge in [0.05, 0.1) is 20.8 Å². The minimum Gasteiger partial charge on any atom is -0.493 e. The quantitative estimate of drug-likeness (QED) is 0.544. The zero-order chi connectivity index (χ0) is 21.9. The van der Waals surface area contributed by atoms with Crippen molar-refractivity contribution < 1.29 is 32.5 Å². The third kappa shape index (κ3) is 6.95. The fourth-order valence-electron chi connectivity index (χ4n) is 2.55. The largest absolute Gasteiger partial charge is 0.493 e. The number of benzene rings is 2. The number of carbonyl (C=O) groups excluding carboxylic acids is 1. The van der Waals surface area contributed by atoms with Crippen molar-refractivity contribution in [2.24, 2.45) is 0 Å². The topological polar surface area (TPSA) is 66.0 Å². The van der Waals surface area contributed by atoms with E-state index < -0.39 is 6.61 Å². The lowest BCUT2D eigenvalue weighted by molar-refractivity contribution is -0.116. The van der Waals surface area contributed by atoms with Crippen LogP contribution in [0.25, 0.3) is 6.08 Å². The van der Waals surface area contributed by atoms with Gasteiger partial charge in [0.1, 0.15) is 0 Å². The van der Waals surface area contributed by atoms with Crippen molar-refractivity contribution in [1.29, 1.82) is 0 Å². The van der Waals surface area contributed by atoms with Gasteiger partial charge in [0.25, 0.3) is 0 Å². The van der Waals surface area contributed by atoms with E-state index in [9.17, 15) is 13.6 Å². The van der Waals surface area contributed by atoms with Gasteiger partial charge in [0.15, 0.2) is 23.0 Å². The Kier molecular flexibility index (Phi) is 8.93. The molecule has 0 saturated heterocycles. The summed E-state index contributed by atoms with van der Waals surface area (Å²) in [5.41, 5.74) is 1.45. The highest BCUT2D eigenvalue weighted by Gasteiger charge is 2.11. The van der Waals surface area contributed by atoms with Crippen LogP contribution in [0.4, 0.5) is 8.78 Å². The number of methoxy groups -OCH3 is 2. The maximum Gasteiger partial charge on any atom is 0.387 e. The minimum absolute atomic E-state index is 0.0669. The number of rotatable bonds is 11. The van der Waals surface area contributed by atoms with Gasteiger partial charge in [-0.3, -0.25) is 4.79 Å². The summed E-state index contributed by atoms with van der Waals surface area (Å²) >= 11 is 0. The number of nitrogens with one attached hydrogen (secondary N) is 1. The molecular weight excluding hydrogens is 396 g/mol. The highest BCUT2D eigenvalue weighted by molar-refractivity contribution is 5.91. The Morgan fingerprint density at radius 1 is 1.03 bits per heavy atom. The second kappa shape index (κ2) is 11.6. The van der Waals surface area contributed by atoms with Crippen molar-refractivity contribution in [2.75, 3.05) is 20.8 Å². The van der Waals surface area contributed by atoms with Crippen molar-refractivity contribution in [3.8, 4) is 23.0 Å². The summed E-state index contributed by atoms with van der Waals surface area (Å²) in [6.45, 7) is -0.139. The number of carbonyl (C=O) groups is 1. The average molecular weight is 421 g/mol. The summed E-state index contributed by atoms with van der Waals surface area (Å²) in [5.74, 6) is 1.02. The standard InChI is InChI=1S/C22H25F2NO5/c1-4-11-29-17-8-5-15(12-19(17)27-2)7-10-21(26)25-14-16-6-9-18(30-22(23)24)20(13-16)28-3/h5-10,12-13,22H,4,11,14H2,1-3H3,(H,25,26)/b10-7+. The number of hydrogen-bond donors (Lipinski definition) is 1. The molecule has 2 rings (SSSR count). The van der Waals surface area contributed by atoms with E-state index in [-0.39, 0.29) is 24.0 Å².